The molecular weight excluding hydrogens is 314 g/mol. The van der Waals surface area contributed by atoms with Crippen LogP contribution in [0.3, 0.4) is 0 Å². The second-order valence-electron chi connectivity index (χ2n) is 4.84. The number of carbonyl (C=O) groups is 1. The van der Waals surface area contributed by atoms with Crippen molar-refractivity contribution in [3.8, 4) is 0 Å². The third kappa shape index (κ3) is 2.54. The maximum atomic E-state index is 12.6. The summed E-state index contributed by atoms with van der Waals surface area (Å²) in [6.07, 6.45) is 5.03. The molecule has 1 amide bonds. The summed E-state index contributed by atoms with van der Waals surface area (Å²) in [5.74, 6) is 0.359. The average Bonchev–Trinajstić information content (AvgIpc) is 3.30. The van der Waals surface area contributed by atoms with Crippen molar-refractivity contribution in [2.24, 2.45) is 0 Å². The molecule has 3 aromatic heterocycles. The number of aromatic nitrogens is 2. The summed E-state index contributed by atoms with van der Waals surface area (Å²) in [4.78, 5) is 23.1. The molecule has 0 aliphatic carbocycles. The summed E-state index contributed by atoms with van der Waals surface area (Å²) in [7, 11) is 0. The smallest absolute Gasteiger partial charge is 0.274 e. The number of imidazole rings is 1. The quantitative estimate of drug-likeness (QED) is 0.767. The molecule has 0 saturated carbocycles. The number of amides is 1. The van der Waals surface area contributed by atoms with Crippen LogP contribution in [0.1, 0.15) is 15.4 Å². The van der Waals surface area contributed by atoms with E-state index in [1.807, 2.05) is 46.3 Å². The van der Waals surface area contributed by atoms with Crippen molar-refractivity contribution >= 4 is 28.7 Å². The van der Waals surface area contributed by atoms with E-state index in [1.165, 1.54) is 6.26 Å². The number of pyridine rings is 1. The number of thiophene rings is 1. The van der Waals surface area contributed by atoms with Crippen LogP contribution in [0.2, 0.25) is 0 Å². The van der Waals surface area contributed by atoms with Crippen LogP contribution in [0.25, 0.3) is 5.65 Å². The second kappa shape index (κ2) is 5.75. The Labute approximate surface area is 135 Å². The predicted molar refractivity (Wildman–Crippen MR) is 86.5 cm³/mol. The lowest BCUT2D eigenvalue weighted by atomic mass is 10.3. The van der Waals surface area contributed by atoms with Gasteiger partial charge in [-0.2, -0.15) is 0 Å². The van der Waals surface area contributed by atoms with E-state index in [0.29, 0.717) is 23.7 Å². The van der Waals surface area contributed by atoms with Crippen LogP contribution >= 0.6 is 11.3 Å². The Bertz CT molecular complexity index is 871. The molecule has 0 radical (unpaired) electrons. The van der Waals surface area contributed by atoms with Crippen molar-refractivity contribution < 1.29 is 9.63 Å². The van der Waals surface area contributed by atoms with Gasteiger partial charge in [0.05, 0.1) is 12.7 Å². The number of hydrogen-bond acceptors (Lipinski definition) is 6. The van der Waals surface area contributed by atoms with Gasteiger partial charge >= 0.3 is 0 Å². The largest absolute Gasteiger partial charge is 0.395 e. The van der Waals surface area contributed by atoms with Gasteiger partial charge in [0, 0.05) is 11.1 Å². The first kappa shape index (κ1) is 13.8. The van der Waals surface area contributed by atoms with Gasteiger partial charge in [0.15, 0.2) is 11.5 Å². The normalized spacial score (nSPS) is 13.5. The lowest BCUT2D eigenvalue weighted by Crippen LogP contribution is -2.31. The number of hydrazine groups is 1. The van der Waals surface area contributed by atoms with Gasteiger partial charge in [-0.1, -0.05) is 17.7 Å². The molecule has 23 heavy (non-hydrogen) atoms. The van der Waals surface area contributed by atoms with Crippen LogP contribution in [-0.2, 0) is 11.4 Å². The Balaban J connectivity index is 1.69. The van der Waals surface area contributed by atoms with Crippen molar-refractivity contribution in [1.82, 2.24) is 20.3 Å². The molecule has 0 spiro atoms. The predicted octanol–water partition coefficient (Wildman–Crippen LogP) is 2.05. The van der Waals surface area contributed by atoms with Crippen molar-refractivity contribution in [2.45, 2.75) is 6.54 Å². The van der Waals surface area contributed by atoms with Gasteiger partial charge in [0.1, 0.15) is 11.9 Å². The molecule has 4 heterocycles. The Morgan fingerprint density at radius 2 is 2.30 bits per heavy atom. The van der Waals surface area contributed by atoms with E-state index in [4.69, 9.17) is 4.84 Å². The molecular formula is C15H13N5O2S. The monoisotopic (exact) mass is 327 g/mol. The number of hydrogen-bond donors (Lipinski definition) is 2. The molecule has 0 aromatic carbocycles. The highest BCUT2D eigenvalue weighted by molar-refractivity contribution is 7.09. The number of carbonyl (C=O) groups excluding carboxylic acids is 1. The molecule has 0 unspecified atom stereocenters. The first-order chi connectivity index (χ1) is 11.3. The van der Waals surface area contributed by atoms with Crippen molar-refractivity contribution in [2.75, 3.05) is 5.01 Å². The molecule has 0 atom stereocenters. The standard InChI is InChI=1S/C15H13N5O2S/c21-14(16-10-11-4-3-9-23-11)13-15(20-7-8-22-18-20)19-6-2-1-5-12(19)17-13/h1-9,18H,10H2,(H,16,21). The first-order valence-electron chi connectivity index (χ1n) is 6.98. The molecule has 1 aliphatic rings. The highest BCUT2D eigenvalue weighted by atomic mass is 32.1. The fourth-order valence-electron chi connectivity index (χ4n) is 2.35. The summed E-state index contributed by atoms with van der Waals surface area (Å²) in [5.41, 5.74) is 3.71. The minimum absolute atomic E-state index is 0.237. The molecule has 0 saturated heterocycles. The van der Waals surface area contributed by atoms with Crippen molar-refractivity contribution in [3.05, 3.63) is 64.9 Å². The zero-order valence-corrected chi connectivity index (χ0v) is 12.8. The summed E-state index contributed by atoms with van der Waals surface area (Å²) >= 11 is 1.60. The fraction of sp³-hybridized carbons (Fsp3) is 0.0667. The van der Waals surface area contributed by atoms with E-state index in [1.54, 1.807) is 22.5 Å². The zero-order chi connectivity index (χ0) is 15.6. The summed E-state index contributed by atoms with van der Waals surface area (Å²) in [6, 6.07) is 9.54. The van der Waals surface area contributed by atoms with Gasteiger partial charge in [0.2, 0.25) is 0 Å². The van der Waals surface area contributed by atoms with E-state index >= 15 is 0 Å². The van der Waals surface area contributed by atoms with Crippen LogP contribution in [-0.4, -0.2) is 15.3 Å². The van der Waals surface area contributed by atoms with E-state index in [9.17, 15) is 4.79 Å². The van der Waals surface area contributed by atoms with Crippen LogP contribution in [0.4, 0.5) is 5.82 Å². The summed E-state index contributed by atoms with van der Waals surface area (Å²) < 4.78 is 1.83. The lowest BCUT2D eigenvalue weighted by molar-refractivity contribution is 0.0946. The SMILES string of the molecule is O=C(NCc1cccs1)c1nc2ccccn2c1N1C=CON1. The topological polar surface area (TPSA) is 70.9 Å². The van der Waals surface area contributed by atoms with Crippen LogP contribution in [0.5, 0.6) is 0 Å². The molecule has 1 aliphatic heterocycles. The number of nitrogens with one attached hydrogen (secondary N) is 2. The highest BCUT2D eigenvalue weighted by Gasteiger charge is 2.24. The molecule has 0 bridgehead atoms. The van der Waals surface area contributed by atoms with Gasteiger partial charge in [0.25, 0.3) is 5.91 Å². The van der Waals surface area contributed by atoms with Gasteiger partial charge in [-0.25, -0.2) is 9.99 Å². The molecule has 7 nitrogen and oxygen atoms in total. The van der Waals surface area contributed by atoms with Gasteiger partial charge in [-0.05, 0) is 23.6 Å². The Hall–Kier alpha value is -2.84. The second-order valence-corrected chi connectivity index (χ2v) is 5.87. The Kier molecular flexibility index (Phi) is 3.45. The Morgan fingerprint density at radius 1 is 1.35 bits per heavy atom. The van der Waals surface area contributed by atoms with Crippen LogP contribution in [0, 0.1) is 0 Å². The number of rotatable bonds is 4. The molecule has 2 N–H and O–H groups in total. The maximum Gasteiger partial charge on any atom is 0.274 e. The molecule has 0 fully saturated rings. The first-order valence-corrected chi connectivity index (χ1v) is 7.86. The number of nitrogens with zero attached hydrogens (tertiary/aromatic N) is 3. The summed E-state index contributed by atoms with van der Waals surface area (Å²) in [5, 5.41) is 6.49. The number of anilines is 1. The van der Waals surface area contributed by atoms with E-state index < -0.39 is 0 Å². The average molecular weight is 327 g/mol. The highest BCUT2D eigenvalue weighted by Crippen LogP contribution is 2.23. The number of fused-ring (bicyclic) bond motifs is 1. The van der Waals surface area contributed by atoms with E-state index in [2.05, 4.69) is 15.9 Å². The molecule has 8 heteroatoms. The van der Waals surface area contributed by atoms with E-state index in [-0.39, 0.29) is 5.91 Å². The van der Waals surface area contributed by atoms with Crippen molar-refractivity contribution in [1.29, 1.82) is 0 Å². The van der Waals surface area contributed by atoms with Crippen LogP contribution in [0.15, 0.2) is 54.4 Å². The molecule has 4 rings (SSSR count). The molecule has 3 aromatic rings. The zero-order valence-electron chi connectivity index (χ0n) is 12.0. The molecule has 116 valence electrons. The third-order valence-electron chi connectivity index (χ3n) is 3.38. The minimum Gasteiger partial charge on any atom is -0.395 e. The fourth-order valence-corrected chi connectivity index (χ4v) is 3.00. The van der Waals surface area contributed by atoms with Gasteiger partial charge < -0.3 is 10.2 Å². The lowest BCUT2D eigenvalue weighted by Gasteiger charge is -2.14. The minimum atomic E-state index is -0.237. The van der Waals surface area contributed by atoms with Crippen LogP contribution < -0.4 is 15.9 Å². The Morgan fingerprint density at radius 3 is 3.09 bits per heavy atom. The maximum absolute atomic E-state index is 12.6. The van der Waals surface area contributed by atoms with E-state index in [0.717, 1.165) is 4.88 Å². The van der Waals surface area contributed by atoms with Gasteiger partial charge in [-0.3, -0.25) is 9.20 Å². The van der Waals surface area contributed by atoms with Crippen molar-refractivity contribution in [3.63, 3.8) is 0 Å². The van der Waals surface area contributed by atoms with Gasteiger partial charge in [-0.15, -0.1) is 11.3 Å². The third-order valence-corrected chi connectivity index (χ3v) is 4.26. The summed E-state index contributed by atoms with van der Waals surface area (Å²) in [6.45, 7) is 0.476.